The molecule has 0 amide bonds. The molecule has 0 aromatic heterocycles. The standard InChI is InChI=1S/C18H16Br2O5/c1-2-7-23-15-13(19)9-11(10-14(15)20)8-12-16(21)24-18(25-17(12)22)5-3-4-6-18/h2,8-10H,1,3-7H2. The van der Waals surface area contributed by atoms with Gasteiger partial charge in [-0.25, -0.2) is 9.59 Å². The zero-order chi connectivity index (χ0) is 18.0. The van der Waals surface area contributed by atoms with Crippen molar-refractivity contribution in [1.82, 2.24) is 0 Å². The van der Waals surface area contributed by atoms with E-state index < -0.39 is 17.7 Å². The Morgan fingerprint density at radius 2 is 1.68 bits per heavy atom. The molecule has 1 heterocycles. The Morgan fingerprint density at radius 3 is 2.20 bits per heavy atom. The van der Waals surface area contributed by atoms with E-state index in [1.165, 1.54) is 6.08 Å². The van der Waals surface area contributed by atoms with Crippen LogP contribution >= 0.6 is 31.9 Å². The molecule has 7 heteroatoms. The van der Waals surface area contributed by atoms with Crippen molar-refractivity contribution in [2.45, 2.75) is 31.5 Å². The molecule has 0 radical (unpaired) electrons. The van der Waals surface area contributed by atoms with Crippen molar-refractivity contribution in [2.24, 2.45) is 0 Å². The second-order valence-electron chi connectivity index (χ2n) is 5.87. The summed E-state index contributed by atoms with van der Waals surface area (Å²) in [6.07, 6.45) is 5.98. The van der Waals surface area contributed by atoms with Crippen LogP contribution in [-0.4, -0.2) is 24.3 Å². The summed E-state index contributed by atoms with van der Waals surface area (Å²) in [6, 6.07) is 3.49. The van der Waals surface area contributed by atoms with Crippen LogP contribution in [0.25, 0.3) is 6.08 Å². The summed E-state index contributed by atoms with van der Waals surface area (Å²) < 4.78 is 17.7. The molecular weight excluding hydrogens is 456 g/mol. The number of ether oxygens (including phenoxy) is 3. The van der Waals surface area contributed by atoms with Gasteiger partial charge in [0.05, 0.1) is 8.95 Å². The quantitative estimate of drug-likeness (QED) is 0.279. The third kappa shape index (κ3) is 3.82. The maximum absolute atomic E-state index is 12.3. The minimum atomic E-state index is -1.06. The molecule has 1 saturated heterocycles. The average Bonchev–Trinajstić information content (AvgIpc) is 2.98. The van der Waals surface area contributed by atoms with Crippen LogP contribution in [0.1, 0.15) is 31.2 Å². The van der Waals surface area contributed by atoms with E-state index in [1.54, 1.807) is 18.2 Å². The maximum Gasteiger partial charge on any atom is 0.348 e. The predicted molar refractivity (Wildman–Crippen MR) is 98.9 cm³/mol. The molecule has 0 atom stereocenters. The molecule has 25 heavy (non-hydrogen) atoms. The smallest absolute Gasteiger partial charge is 0.348 e. The highest BCUT2D eigenvalue weighted by Crippen LogP contribution is 2.39. The molecule has 0 N–H and O–H groups in total. The average molecular weight is 472 g/mol. The normalized spacial score (nSPS) is 18.7. The van der Waals surface area contributed by atoms with Crippen LogP contribution < -0.4 is 4.74 Å². The summed E-state index contributed by atoms with van der Waals surface area (Å²) in [5.74, 6) is -1.73. The van der Waals surface area contributed by atoms with Crippen molar-refractivity contribution in [3.8, 4) is 5.75 Å². The van der Waals surface area contributed by atoms with Gasteiger partial charge in [0.25, 0.3) is 5.79 Å². The van der Waals surface area contributed by atoms with Crippen molar-refractivity contribution in [3.63, 3.8) is 0 Å². The summed E-state index contributed by atoms with van der Waals surface area (Å²) >= 11 is 6.84. The first-order valence-electron chi connectivity index (χ1n) is 7.85. The van der Waals surface area contributed by atoms with Crippen LogP contribution in [0.15, 0.2) is 39.3 Å². The van der Waals surface area contributed by atoms with Crippen molar-refractivity contribution >= 4 is 49.9 Å². The Hall–Kier alpha value is -1.60. The monoisotopic (exact) mass is 470 g/mol. The van der Waals surface area contributed by atoms with Gasteiger partial charge in [-0.3, -0.25) is 0 Å². The molecule has 0 bridgehead atoms. The zero-order valence-electron chi connectivity index (χ0n) is 13.3. The molecule has 3 rings (SSSR count). The number of benzene rings is 1. The lowest BCUT2D eigenvalue weighted by atomic mass is 10.1. The Kier molecular flexibility index (Phi) is 5.34. The molecule has 1 aromatic rings. The van der Waals surface area contributed by atoms with Gasteiger partial charge in [-0.2, -0.15) is 0 Å². The highest BCUT2D eigenvalue weighted by molar-refractivity contribution is 9.11. The fraction of sp³-hybridized carbons (Fsp3) is 0.333. The van der Waals surface area contributed by atoms with Crippen molar-refractivity contribution in [1.29, 1.82) is 0 Å². The fourth-order valence-electron chi connectivity index (χ4n) is 2.90. The van der Waals surface area contributed by atoms with E-state index in [2.05, 4.69) is 38.4 Å². The van der Waals surface area contributed by atoms with Gasteiger partial charge in [0.2, 0.25) is 0 Å². The van der Waals surface area contributed by atoms with Crippen molar-refractivity contribution in [2.75, 3.05) is 6.61 Å². The van der Waals surface area contributed by atoms with E-state index in [1.807, 2.05) is 0 Å². The molecule has 0 unspecified atom stereocenters. The van der Waals surface area contributed by atoms with Gasteiger partial charge in [-0.15, -0.1) is 0 Å². The Morgan fingerprint density at radius 1 is 1.12 bits per heavy atom. The van der Waals surface area contributed by atoms with Gasteiger partial charge >= 0.3 is 11.9 Å². The van der Waals surface area contributed by atoms with Crippen LogP contribution in [0.5, 0.6) is 5.75 Å². The molecule has 1 spiro atoms. The Bertz CT molecular complexity index is 718. The van der Waals surface area contributed by atoms with Crippen LogP contribution in [0.2, 0.25) is 0 Å². The van der Waals surface area contributed by atoms with E-state index in [9.17, 15) is 9.59 Å². The van der Waals surface area contributed by atoms with E-state index in [-0.39, 0.29) is 5.57 Å². The second-order valence-corrected chi connectivity index (χ2v) is 7.58. The molecule has 1 aromatic carbocycles. The van der Waals surface area contributed by atoms with Crippen LogP contribution in [-0.2, 0) is 19.1 Å². The molecule has 5 nitrogen and oxygen atoms in total. The summed E-state index contributed by atoms with van der Waals surface area (Å²) in [4.78, 5) is 24.6. The second kappa shape index (κ2) is 7.33. The van der Waals surface area contributed by atoms with E-state index in [0.29, 0.717) is 39.7 Å². The van der Waals surface area contributed by atoms with E-state index >= 15 is 0 Å². The largest absolute Gasteiger partial charge is 0.487 e. The number of halogens is 2. The van der Waals surface area contributed by atoms with E-state index in [4.69, 9.17) is 14.2 Å². The van der Waals surface area contributed by atoms with Gasteiger partial charge in [-0.05, 0) is 68.5 Å². The topological polar surface area (TPSA) is 61.8 Å². The zero-order valence-corrected chi connectivity index (χ0v) is 16.5. The minimum Gasteiger partial charge on any atom is -0.487 e. The van der Waals surface area contributed by atoms with Gasteiger partial charge in [0.15, 0.2) is 0 Å². The maximum atomic E-state index is 12.3. The fourth-order valence-corrected chi connectivity index (χ4v) is 4.35. The summed E-state index contributed by atoms with van der Waals surface area (Å²) in [7, 11) is 0. The molecule has 1 aliphatic carbocycles. The number of hydrogen-bond donors (Lipinski definition) is 0. The SMILES string of the molecule is C=CCOc1c(Br)cc(C=C2C(=O)OC3(CCCC3)OC2=O)cc1Br. The predicted octanol–water partition coefficient (Wildman–Crippen LogP) is 4.53. The number of carbonyl (C=O) groups is 2. The highest BCUT2D eigenvalue weighted by Gasteiger charge is 2.47. The number of esters is 2. The summed E-state index contributed by atoms with van der Waals surface area (Å²) in [5, 5.41) is 0. The lowest BCUT2D eigenvalue weighted by Gasteiger charge is -2.32. The molecule has 132 valence electrons. The first kappa shape index (κ1) is 18.2. The van der Waals surface area contributed by atoms with Crippen LogP contribution in [0.4, 0.5) is 0 Å². The lowest BCUT2D eigenvalue weighted by Crippen LogP contribution is -2.44. The number of carbonyl (C=O) groups excluding carboxylic acids is 2. The van der Waals surface area contributed by atoms with Crippen molar-refractivity contribution < 1.29 is 23.8 Å². The van der Waals surface area contributed by atoms with Crippen LogP contribution in [0.3, 0.4) is 0 Å². The third-order valence-corrected chi connectivity index (χ3v) is 5.22. The first-order valence-corrected chi connectivity index (χ1v) is 9.44. The Labute approximate surface area is 162 Å². The summed E-state index contributed by atoms with van der Waals surface area (Å²) in [6.45, 7) is 3.97. The van der Waals surface area contributed by atoms with E-state index in [0.717, 1.165) is 12.8 Å². The van der Waals surface area contributed by atoms with Gasteiger partial charge in [-0.1, -0.05) is 12.7 Å². The highest BCUT2D eigenvalue weighted by atomic mass is 79.9. The minimum absolute atomic E-state index is 0.115. The molecule has 2 fully saturated rings. The summed E-state index contributed by atoms with van der Waals surface area (Å²) in [5.41, 5.74) is 0.520. The van der Waals surface area contributed by atoms with Gasteiger partial charge < -0.3 is 14.2 Å². The molecular formula is C18H16Br2O5. The third-order valence-electron chi connectivity index (χ3n) is 4.04. The van der Waals surface area contributed by atoms with Gasteiger partial charge in [0, 0.05) is 12.8 Å². The molecule has 1 saturated carbocycles. The lowest BCUT2D eigenvalue weighted by molar-refractivity contribution is -0.232. The molecule has 1 aliphatic heterocycles. The molecule has 2 aliphatic rings. The number of rotatable bonds is 4. The van der Waals surface area contributed by atoms with Crippen LogP contribution in [0, 0.1) is 0 Å². The Balaban J connectivity index is 1.86. The van der Waals surface area contributed by atoms with Crippen molar-refractivity contribution in [3.05, 3.63) is 44.9 Å². The number of hydrogen-bond acceptors (Lipinski definition) is 5. The van der Waals surface area contributed by atoms with Gasteiger partial charge in [0.1, 0.15) is 17.9 Å². The first-order chi connectivity index (χ1) is 11.9.